The van der Waals surface area contributed by atoms with Crippen molar-refractivity contribution in [2.75, 3.05) is 0 Å². The Hall–Kier alpha value is -1.92. The molecule has 0 saturated heterocycles. The van der Waals surface area contributed by atoms with Gasteiger partial charge in [-0.05, 0) is 50.8 Å². The molecule has 7 heteroatoms. The summed E-state index contributed by atoms with van der Waals surface area (Å²) in [5.41, 5.74) is 0.247. The van der Waals surface area contributed by atoms with Crippen molar-refractivity contribution in [1.29, 1.82) is 0 Å². The van der Waals surface area contributed by atoms with Crippen LogP contribution in [-0.2, 0) is 5.54 Å². The van der Waals surface area contributed by atoms with Gasteiger partial charge in [0, 0.05) is 6.04 Å². The Kier molecular flexibility index (Phi) is 7.00. The van der Waals surface area contributed by atoms with Crippen LogP contribution in [0.1, 0.15) is 64.9 Å². The van der Waals surface area contributed by atoms with Gasteiger partial charge in [0.05, 0.1) is 5.54 Å². The van der Waals surface area contributed by atoms with Gasteiger partial charge in [0.2, 0.25) is 0 Å². The van der Waals surface area contributed by atoms with Crippen molar-refractivity contribution in [2.45, 2.75) is 83.2 Å². The first-order valence-corrected chi connectivity index (χ1v) is 9.59. The van der Waals surface area contributed by atoms with Crippen LogP contribution in [0, 0.1) is 0 Å². The Balaban J connectivity index is 1.95. The zero-order valence-electron chi connectivity index (χ0n) is 16.2. The first-order valence-electron chi connectivity index (χ1n) is 9.59. The Morgan fingerprint density at radius 2 is 1.96 bits per heavy atom. The number of amides is 2. The van der Waals surface area contributed by atoms with Crippen LogP contribution in [0.3, 0.4) is 0 Å². The number of hydrogen-bond donors (Lipinski definition) is 2. The van der Waals surface area contributed by atoms with E-state index in [4.69, 9.17) is 4.74 Å². The number of unbranched alkanes of at least 4 members (excludes halogenated alkanes) is 2. The number of halogens is 3. The number of urea groups is 1. The number of hydrogen-bond acceptors (Lipinski definition) is 2. The zero-order chi connectivity index (χ0) is 20.1. The lowest BCUT2D eigenvalue weighted by Crippen LogP contribution is -2.45. The molecule has 4 nitrogen and oxygen atoms in total. The molecule has 0 aromatic heterocycles. The molecular formula is C20H29F3N2O2. The molecule has 1 aromatic carbocycles. The molecule has 1 aliphatic rings. The minimum Gasteiger partial charge on any atom is -0.481 e. The molecule has 0 aliphatic heterocycles. The number of nitrogens with one attached hydrogen (secondary N) is 2. The molecule has 2 rings (SSSR count). The van der Waals surface area contributed by atoms with Crippen molar-refractivity contribution < 1.29 is 22.7 Å². The summed E-state index contributed by atoms with van der Waals surface area (Å²) in [7, 11) is 0. The van der Waals surface area contributed by atoms with Gasteiger partial charge < -0.3 is 15.4 Å². The van der Waals surface area contributed by atoms with Crippen LogP contribution in [0.4, 0.5) is 18.0 Å². The second kappa shape index (κ2) is 8.85. The van der Waals surface area contributed by atoms with Gasteiger partial charge in [0.1, 0.15) is 5.75 Å². The summed E-state index contributed by atoms with van der Waals surface area (Å²) in [6, 6.07) is 6.38. The van der Waals surface area contributed by atoms with Crippen molar-refractivity contribution in [3.63, 3.8) is 0 Å². The van der Waals surface area contributed by atoms with Gasteiger partial charge in [0.25, 0.3) is 0 Å². The quantitative estimate of drug-likeness (QED) is 0.568. The average molecular weight is 386 g/mol. The molecule has 2 N–H and O–H groups in total. The zero-order valence-corrected chi connectivity index (χ0v) is 16.2. The summed E-state index contributed by atoms with van der Waals surface area (Å²) in [6.45, 7) is 5.09. The molecule has 1 unspecified atom stereocenters. The topological polar surface area (TPSA) is 50.4 Å². The standard InChI is InChI=1S/C20H29F3N2O2/c1-4-5-6-8-14(2)24-18(26)25-19(11-12-19)16-9-7-10-17(13-16)27-15(3)20(21,22)23/h7,9-10,13-15H,4-6,8,11-12H2,1-3H3,(H2,24,25,26)/t14?,15-/m0/s1. The average Bonchev–Trinajstić information content (AvgIpc) is 3.35. The van der Waals surface area contributed by atoms with Crippen molar-refractivity contribution in [3.05, 3.63) is 29.8 Å². The Labute approximate surface area is 158 Å². The fraction of sp³-hybridized carbons (Fsp3) is 0.650. The monoisotopic (exact) mass is 386 g/mol. The van der Waals surface area contributed by atoms with Gasteiger partial charge in [-0.25, -0.2) is 4.79 Å². The second-order valence-corrected chi connectivity index (χ2v) is 7.41. The lowest BCUT2D eigenvalue weighted by Gasteiger charge is -2.22. The third kappa shape index (κ3) is 6.33. The van der Waals surface area contributed by atoms with Gasteiger partial charge in [-0.1, -0.05) is 38.3 Å². The van der Waals surface area contributed by atoms with E-state index in [9.17, 15) is 18.0 Å². The third-order valence-corrected chi connectivity index (χ3v) is 4.88. The number of carbonyl (C=O) groups excluding carboxylic acids is 1. The summed E-state index contributed by atoms with van der Waals surface area (Å²) in [6.07, 6.45) is -0.533. The fourth-order valence-corrected chi connectivity index (χ4v) is 3.00. The van der Waals surface area contributed by atoms with Crippen LogP contribution >= 0.6 is 0 Å². The normalized spacial score (nSPS) is 17.7. The molecule has 0 spiro atoms. The number of rotatable bonds is 9. The Morgan fingerprint density at radius 3 is 2.56 bits per heavy atom. The van der Waals surface area contributed by atoms with Crippen molar-refractivity contribution in [3.8, 4) is 5.75 Å². The molecule has 2 amide bonds. The third-order valence-electron chi connectivity index (χ3n) is 4.88. The van der Waals surface area contributed by atoms with Crippen LogP contribution in [0.2, 0.25) is 0 Å². The maximum Gasteiger partial charge on any atom is 0.425 e. The lowest BCUT2D eigenvalue weighted by atomic mass is 10.0. The molecule has 0 bridgehead atoms. The van der Waals surface area contributed by atoms with E-state index < -0.39 is 17.8 Å². The highest BCUT2D eigenvalue weighted by Gasteiger charge is 2.46. The summed E-state index contributed by atoms with van der Waals surface area (Å²) in [4.78, 5) is 12.3. The van der Waals surface area contributed by atoms with E-state index in [1.54, 1.807) is 12.1 Å². The maximum atomic E-state index is 12.7. The summed E-state index contributed by atoms with van der Waals surface area (Å²) >= 11 is 0. The van der Waals surface area contributed by atoms with Gasteiger partial charge in [-0.3, -0.25) is 0 Å². The molecule has 152 valence electrons. The first kappa shape index (κ1) is 21.4. The van der Waals surface area contributed by atoms with Crippen molar-refractivity contribution in [2.24, 2.45) is 0 Å². The first-order chi connectivity index (χ1) is 12.7. The van der Waals surface area contributed by atoms with Crippen LogP contribution in [0.25, 0.3) is 0 Å². The fourth-order valence-electron chi connectivity index (χ4n) is 3.00. The van der Waals surface area contributed by atoms with E-state index in [-0.39, 0.29) is 17.8 Å². The van der Waals surface area contributed by atoms with E-state index in [2.05, 4.69) is 17.6 Å². The number of benzene rings is 1. The second-order valence-electron chi connectivity index (χ2n) is 7.41. The highest BCUT2D eigenvalue weighted by molar-refractivity contribution is 5.76. The van der Waals surface area contributed by atoms with E-state index in [0.717, 1.165) is 51.0 Å². The molecule has 1 aromatic rings. The highest BCUT2D eigenvalue weighted by atomic mass is 19.4. The van der Waals surface area contributed by atoms with Crippen molar-refractivity contribution in [1.82, 2.24) is 10.6 Å². The van der Waals surface area contributed by atoms with Crippen LogP contribution < -0.4 is 15.4 Å². The summed E-state index contributed by atoms with van der Waals surface area (Å²) in [5.74, 6) is 0.152. The minimum absolute atomic E-state index is 0.0784. The maximum absolute atomic E-state index is 12.7. The van der Waals surface area contributed by atoms with Gasteiger partial charge in [-0.15, -0.1) is 0 Å². The van der Waals surface area contributed by atoms with E-state index in [0.29, 0.717) is 0 Å². The van der Waals surface area contributed by atoms with E-state index in [1.807, 2.05) is 13.0 Å². The van der Waals surface area contributed by atoms with Gasteiger partial charge in [-0.2, -0.15) is 13.2 Å². The SMILES string of the molecule is CCCCCC(C)NC(=O)NC1(c2cccc(O[C@@H](C)C(F)(F)F)c2)CC1. The molecular weight excluding hydrogens is 357 g/mol. The predicted octanol–water partition coefficient (Wildman–Crippen LogP) is 5.27. The molecule has 0 radical (unpaired) electrons. The number of carbonyl (C=O) groups is 1. The largest absolute Gasteiger partial charge is 0.481 e. The lowest BCUT2D eigenvalue weighted by molar-refractivity contribution is -0.189. The molecule has 27 heavy (non-hydrogen) atoms. The number of alkyl halides is 3. The molecule has 1 saturated carbocycles. The minimum atomic E-state index is -4.42. The van der Waals surface area contributed by atoms with Gasteiger partial charge >= 0.3 is 12.2 Å². The Bertz CT molecular complexity index is 630. The van der Waals surface area contributed by atoms with E-state index in [1.165, 1.54) is 6.07 Å². The molecule has 2 atom stereocenters. The van der Waals surface area contributed by atoms with Gasteiger partial charge in [0.15, 0.2) is 6.10 Å². The smallest absolute Gasteiger partial charge is 0.425 e. The molecule has 0 heterocycles. The predicted molar refractivity (Wildman–Crippen MR) is 98.8 cm³/mol. The Morgan fingerprint density at radius 1 is 1.26 bits per heavy atom. The molecule has 1 aliphatic carbocycles. The van der Waals surface area contributed by atoms with Crippen LogP contribution in [0.15, 0.2) is 24.3 Å². The number of ether oxygens (including phenoxy) is 1. The highest BCUT2D eigenvalue weighted by Crippen LogP contribution is 2.46. The summed E-state index contributed by atoms with van der Waals surface area (Å²) < 4.78 is 43.1. The van der Waals surface area contributed by atoms with Crippen molar-refractivity contribution >= 4 is 6.03 Å². The van der Waals surface area contributed by atoms with Crippen LogP contribution in [-0.4, -0.2) is 24.4 Å². The van der Waals surface area contributed by atoms with Crippen LogP contribution in [0.5, 0.6) is 5.75 Å². The van der Waals surface area contributed by atoms with E-state index >= 15 is 0 Å². The summed E-state index contributed by atoms with van der Waals surface area (Å²) in [5, 5.41) is 5.93. The molecule has 1 fully saturated rings.